The lowest BCUT2D eigenvalue weighted by Gasteiger charge is -2.11. The van der Waals surface area contributed by atoms with Gasteiger partial charge in [-0.2, -0.15) is 0 Å². The van der Waals surface area contributed by atoms with Gasteiger partial charge in [-0.05, 0) is 12.3 Å². The molecule has 6 heteroatoms. The molecule has 0 bridgehead atoms. The van der Waals surface area contributed by atoms with Crippen LogP contribution in [-0.2, 0) is 14.1 Å². The first kappa shape index (κ1) is 12.9. The average Bonchev–Trinajstić information content (AvgIpc) is 2.48. The monoisotopic (exact) mass is 287 g/mol. The number of thioether (sulfide) groups is 1. The molecule has 20 heavy (non-hydrogen) atoms. The molecule has 0 spiro atoms. The Morgan fingerprint density at radius 3 is 2.50 bits per heavy atom. The van der Waals surface area contributed by atoms with Gasteiger partial charge in [0.1, 0.15) is 0 Å². The Balaban J connectivity index is 2.74. The summed E-state index contributed by atoms with van der Waals surface area (Å²) < 4.78 is 2.54. The maximum Gasteiger partial charge on any atom is 0.332 e. The summed E-state index contributed by atoms with van der Waals surface area (Å²) in [4.78, 5) is 29.8. The van der Waals surface area contributed by atoms with E-state index in [2.05, 4.69) is 4.98 Å². The number of hydrogen-bond donors (Lipinski definition) is 0. The van der Waals surface area contributed by atoms with E-state index in [9.17, 15) is 9.59 Å². The fraction of sp³-hybridized carbons (Fsp3) is 0.214. The van der Waals surface area contributed by atoms with Gasteiger partial charge in [0.05, 0.1) is 10.9 Å². The molecule has 0 aliphatic rings. The van der Waals surface area contributed by atoms with Crippen molar-refractivity contribution in [1.82, 2.24) is 14.1 Å². The Bertz CT molecular complexity index is 956. The zero-order valence-electron chi connectivity index (χ0n) is 11.4. The van der Waals surface area contributed by atoms with Crippen LogP contribution in [-0.4, -0.2) is 20.4 Å². The normalized spacial score (nSPS) is 11.3. The third-order valence-electron chi connectivity index (χ3n) is 3.44. The van der Waals surface area contributed by atoms with Crippen molar-refractivity contribution >= 4 is 33.7 Å². The van der Waals surface area contributed by atoms with Crippen molar-refractivity contribution < 1.29 is 0 Å². The maximum atomic E-state index is 12.4. The summed E-state index contributed by atoms with van der Waals surface area (Å²) >= 11 is 1.50. The number of pyridine rings is 1. The summed E-state index contributed by atoms with van der Waals surface area (Å²) in [7, 11) is 3.12. The van der Waals surface area contributed by atoms with Crippen LogP contribution in [0.25, 0.3) is 21.9 Å². The highest BCUT2D eigenvalue weighted by atomic mass is 32.2. The summed E-state index contributed by atoms with van der Waals surface area (Å²) in [6, 6.07) is 7.64. The first-order valence-electron chi connectivity index (χ1n) is 6.08. The molecule has 1 aromatic carbocycles. The van der Waals surface area contributed by atoms with Crippen LogP contribution in [0.4, 0.5) is 0 Å². The van der Waals surface area contributed by atoms with Crippen LogP contribution < -0.4 is 11.2 Å². The van der Waals surface area contributed by atoms with Crippen LogP contribution in [0.15, 0.2) is 38.8 Å². The highest BCUT2D eigenvalue weighted by Gasteiger charge is 2.16. The van der Waals surface area contributed by atoms with Crippen LogP contribution in [0, 0.1) is 0 Å². The molecule has 2 heterocycles. The minimum absolute atomic E-state index is 0.300. The van der Waals surface area contributed by atoms with E-state index in [-0.39, 0.29) is 11.2 Å². The quantitative estimate of drug-likeness (QED) is 0.503. The molecule has 3 aromatic rings. The number of aromatic nitrogens is 3. The lowest BCUT2D eigenvalue weighted by molar-refractivity contribution is 0.707. The summed E-state index contributed by atoms with van der Waals surface area (Å²) in [5, 5.41) is 1.43. The average molecular weight is 287 g/mol. The molecular formula is C14H13N3O2S. The fourth-order valence-electron chi connectivity index (χ4n) is 2.39. The van der Waals surface area contributed by atoms with Crippen molar-refractivity contribution in [1.29, 1.82) is 0 Å². The third kappa shape index (κ3) is 1.61. The van der Waals surface area contributed by atoms with Gasteiger partial charge in [-0.15, -0.1) is 11.8 Å². The first-order chi connectivity index (χ1) is 9.56. The molecule has 0 saturated carbocycles. The lowest BCUT2D eigenvalue weighted by atomic mass is 10.2. The Morgan fingerprint density at radius 1 is 1.10 bits per heavy atom. The summed E-state index contributed by atoms with van der Waals surface area (Å²) in [5.41, 5.74) is 0.553. The molecule has 0 saturated heterocycles. The molecule has 0 fully saturated rings. The summed E-state index contributed by atoms with van der Waals surface area (Å²) in [6.45, 7) is 0. The predicted octanol–water partition coefficient (Wildman–Crippen LogP) is 1.51. The van der Waals surface area contributed by atoms with Gasteiger partial charge < -0.3 is 0 Å². The van der Waals surface area contributed by atoms with E-state index in [4.69, 9.17) is 0 Å². The number of hydrogen-bond acceptors (Lipinski definition) is 4. The molecule has 0 aliphatic carbocycles. The van der Waals surface area contributed by atoms with Crippen LogP contribution in [0.3, 0.4) is 0 Å². The number of nitrogens with zero attached hydrogens (tertiary/aromatic N) is 3. The second-order valence-electron chi connectivity index (χ2n) is 4.57. The van der Waals surface area contributed by atoms with Crippen molar-refractivity contribution in [2.45, 2.75) is 4.90 Å². The van der Waals surface area contributed by atoms with Gasteiger partial charge in [0.2, 0.25) is 0 Å². The zero-order valence-corrected chi connectivity index (χ0v) is 12.2. The van der Waals surface area contributed by atoms with Crippen LogP contribution in [0.5, 0.6) is 0 Å². The SMILES string of the molecule is CSc1c2ccccc2nc2c1c(=O)n(C)c(=O)n2C. The van der Waals surface area contributed by atoms with Crippen LogP contribution in [0.2, 0.25) is 0 Å². The van der Waals surface area contributed by atoms with Crippen LogP contribution in [0.1, 0.15) is 0 Å². The van der Waals surface area contributed by atoms with E-state index in [1.165, 1.54) is 23.4 Å². The number of rotatable bonds is 1. The lowest BCUT2D eigenvalue weighted by Crippen LogP contribution is -2.37. The summed E-state index contributed by atoms with van der Waals surface area (Å²) in [6.07, 6.45) is 1.92. The Kier molecular flexibility index (Phi) is 2.90. The molecule has 0 aliphatic heterocycles. The highest BCUT2D eigenvalue weighted by Crippen LogP contribution is 2.30. The van der Waals surface area contributed by atoms with E-state index in [0.29, 0.717) is 11.0 Å². The molecule has 0 N–H and O–H groups in total. The largest absolute Gasteiger partial charge is 0.332 e. The molecule has 0 radical (unpaired) electrons. The highest BCUT2D eigenvalue weighted by molar-refractivity contribution is 7.99. The van der Waals surface area contributed by atoms with E-state index < -0.39 is 0 Å². The molecule has 2 aromatic heterocycles. The van der Waals surface area contributed by atoms with Gasteiger partial charge in [0, 0.05) is 24.4 Å². The molecule has 102 valence electrons. The van der Waals surface area contributed by atoms with E-state index >= 15 is 0 Å². The maximum absolute atomic E-state index is 12.4. The van der Waals surface area contributed by atoms with Gasteiger partial charge >= 0.3 is 5.69 Å². The number of benzene rings is 1. The van der Waals surface area contributed by atoms with Crippen molar-refractivity contribution in [3.63, 3.8) is 0 Å². The second kappa shape index (κ2) is 4.49. The Morgan fingerprint density at radius 2 is 1.80 bits per heavy atom. The molecule has 0 amide bonds. The molecule has 3 rings (SSSR count). The smallest absolute Gasteiger partial charge is 0.280 e. The minimum Gasteiger partial charge on any atom is -0.280 e. The van der Waals surface area contributed by atoms with Crippen molar-refractivity contribution in [3.05, 3.63) is 45.1 Å². The van der Waals surface area contributed by atoms with Crippen molar-refractivity contribution in [2.24, 2.45) is 14.1 Å². The first-order valence-corrected chi connectivity index (χ1v) is 7.31. The van der Waals surface area contributed by atoms with Gasteiger partial charge in [-0.3, -0.25) is 13.9 Å². The predicted molar refractivity (Wildman–Crippen MR) is 81.5 cm³/mol. The molecular weight excluding hydrogens is 274 g/mol. The number of para-hydroxylation sites is 1. The topological polar surface area (TPSA) is 56.9 Å². The van der Waals surface area contributed by atoms with Gasteiger partial charge in [-0.25, -0.2) is 9.78 Å². The van der Waals surface area contributed by atoms with Gasteiger partial charge in [0.15, 0.2) is 5.65 Å². The fourth-order valence-corrected chi connectivity index (χ4v) is 3.16. The van der Waals surface area contributed by atoms with E-state index in [1.54, 1.807) is 7.05 Å². The zero-order chi connectivity index (χ0) is 14.4. The minimum atomic E-state index is -0.364. The molecule has 0 atom stereocenters. The number of fused-ring (bicyclic) bond motifs is 2. The molecule has 5 nitrogen and oxygen atoms in total. The van der Waals surface area contributed by atoms with Crippen molar-refractivity contribution in [2.75, 3.05) is 6.26 Å². The molecule has 0 unspecified atom stereocenters. The summed E-state index contributed by atoms with van der Waals surface area (Å²) in [5.74, 6) is 0. The van der Waals surface area contributed by atoms with Crippen molar-refractivity contribution in [3.8, 4) is 0 Å². The Hall–Kier alpha value is -2.08. The number of aryl methyl sites for hydroxylation is 1. The second-order valence-corrected chi connectivity index (χ2v) is 5.38. The Labute approximate surface area is 118 Å². The third-order valence-corrected chi connectivity index (χ3v) is 4.27. The van der Waals surface area contributed by atoms with Crippen LogP contribution >= 0.6 is 11.8 Å². The standard InChI is InChI=1S/C14H13N3O2S/c1-16-12-10(13(18)17(2)14(16)19)11(20-3)8-6-4-5-7-9(8)15-12/h4-7H,1-3H3. The van der Waals surface area contributed by atoms with Gasteiger partial charge in [-0.1, -0.05) is 18.2 Å². The van der Waals surface area contributed by atoms with Gasteiger partial charge in [0.25, 0.3) is 5.56 Å². The van der Waals surface area contributed by atoms with E-state index in [1.807, 2.05) is 30.5 Å². The van der Waals surface area contributed by atoms with E-state index in [0.717, 1.165) is 20.4 Å².